The largest absolute Gasteiger partial charge is 0.469 e. The van der Waals surface area contributed by atoms with Crippen molar-refractivity contribution < 1.29 is 4.42 Å². The second-order valence-electron chi connectivity index (χ2n) is 3.27. The lowest BCUT2D eigenvalue weighted by atomic mass is 9.91. The number of rotatable bonds is 3. The third kappa shape index (κ3) is 1.86. The van der Waals surface area contributed by atoms with E-state index in [9.17, 15) is 0 Å². The van der Waals surface area contributed by atoms with Crippen molar-refractivity contribution in [2.75, 3.05) is 0 Å². The first-order valence-corrected chi connectivity index (χ1v) is 4.29. The average Bonchev–Trinajstić information content (AvgIpc) is 2.40. The Kier molecular flexibility index (Phi) is 2.75. The molecule has 1 nitrogen and oxygen atoms in total. The molecule has 1 unspecified atom stereocenters. The van der Waals surface area contributed by atoms with E-state index in [4.69, 9.17) is 4.42 Å². The lowest BCUT2D eigenvalue weighted by Crippen LogP contribution is -2.03. The molecule has 0 aromatic carbocycles. The Balaban J connectivity index is 2.71. The zero-order valence-corrected chi connectivity index (χ0v) is 7.50. The minimum Gasteiger partial charge on any atom is -0.469 e. The number of hydrogen-bond donors (Lipinski definition) is 0. The summed E-state index contributed by atoms with van der Waals surface area (Å²) in [6, 6.07) is 4.02. The normalized spacial score (nSPS) is 13.8. The molecule has 1 atom stereocenters. The molecule has 1 heterocycles. The van der Waals surface area contributed by atoms with Crippen molar-refractivity contribution in [2.24, 2.45) is 5.92 Å². The molecule has 0 amide bonds. The Morgan fingerprint density at radius 1 is 1.45 bits per heavy atom. The first-order valence-electron chi connectivity index (χ1n) is 4.29. The van der Waals surface area contributed by atoms with Crippen molar-refractivity contribution in [3.05, 3.63) is 24.2 Å². The van der Waals surface area contributed by atoms with Gasteiger partial charge in [0.2, 0.25) is 0 Å². The Bertz CT molecular complexity index is 187. The van der Waals surface area contributed by atoms with Gasteiger partial charge in [-0.1, -0.05) is 20.8 Å². The topological polar surface area (TPSA) is 13.1 Å². The van der Waals surface area contributed by atoms with E-state index >= 15 is 0 Å². The van der Waals surface area contributed by atoms with Gasteiger partial charge in [0.1, 0.15) is 5.76 Å². The third-order valence-electron chi connectivity index (χ3n) is 2.15. The lowest BCUT2D eigenvalue weighted by molar-refractivity contribution is 0.387. The molecule has 0 N–H and O–H groups in total. The molecular formula is C10H16O. The van der Waals surface area contributed by atoms with Crippen LogP contribution in [0.15, 0.2) is 22.8 Å². The first kappa shape index (κ1) is 8.38. The highest BCUT2D eigenvalue weighted by molar-refractivity contribution is 5.05. The maximum atomic E-state index is 5.35. The molecule has 0 bridgehead atoms. The van der Waals surface area contributed by atoms with Gasteiger partial charge in [-0.2, -0.15) is 0 Å². The van der Waals surface area contributed by atoms with Crippen LogP contribution in [0.25, 0.3) is 0 Å². The second-order valence-corrected chi connectivity index (χ2v) is 3.27. The van der Waals surface area contributed by atoms with Crippen LogP contribution in [0.5, 0.6) is 0 Å². The van der Waals surface area contributed by atoms with E-state index in [-0.39, 0.29) is 0 Å². The lowest BCUT2D eigenvalue weighted by Gasteiger charge is -2.15. The van der Waals surface area contributed by atoms with E-state index in [0.29, 0.717) is 11.8 Å². The highest BCUT2D eigenvalue weighted by Gasteiger charge is 2.15. The highest BCUT2D eigenvalue weighted by Crippen LogP contribution is 2.27. The summed E-state index contributed by atoms with van der Waals surface area (Å²) in [5, 5.41) is 0. The minimum absolute atomic E-state index is 0.588. The average molecular weight is 152 g/mol. The zero-order valence-electron chi connectivity index (χ0n) is 7.50. The third-order valence-corrected chi connectivity index (χ3v) is 2.15. The Labute approximate surface area is 68.4 Å². The Morgan fingerprint density at radius 3 is 2.55 bits per heavy atom. The van der Waals surface area contributed by atoms with Gasteiger partial charge in [-0.05, 0) is 24.5 Å². The van der Waals surface area contributed by atoms with Crippen molar-refractivity contribution >= 4 is 0 Å². The predicted octanol–water partition coefficient (Wildman–Crippen LogP) is 3.43. The molecule has 0 aliphatic heterocycles. The fraction of sp³-hybridized carbons (Fsp3) is 0.600. The van der Waals surface area contributed by atoms with E-state index in [0.717, 1.165) is 12.2 Å². The molecule has 62 valence electrons. The quantitative estimate of drug-likeness (QED) is 0.646. The van der Waals surface area contributed by atoms with E-state index < -0.39 is 0 Å². The number of hydrogen-bond acceptors (Lipinski definition) is 1. The first-order chi connectivity index (χ1) is 5.25. The van der Waals surface area contributed by atoms with Gasteiger partial charge >= 0.3 is 0 Å². The second kappa shape index (κ2) is 3.61. The fourth-order valence-corrected chi connectivity index (χ4v) is 1.50. The van der Waals surface area contributed by atoms with E-state index in [2.05, 4.69) is 26.8 Å². The molecule has 1 heteroatoms. The van der Waals surface area contributed by atoms with Crippen LogP contribution in [-0.2, 0) is 0 Å². The Morgan fingerprint density at radius 2 is 2.18 bits per heavy atom. The van der Waals surface area contributed by atoms with Gasteiger partial charge in [-0.25, -0.2) is 0 Å². The molecular weight excluding hydrogens is 136 g/mol. The van der Waals surface area contributed by atoms with Crippen LogP contribution in [0.4, 0.5) is 0 Å². The summed E-state index contributed by atoms with van der Waals surface area (Å²) in [7, 11) is 0. The molecule has 11 heavy (non-hydrogen) atoms. The molecule has 0 saturated heterocycles. The maximum absolute atomic E-state index is 5.35. The van der Waals surface area contributed by atoms with Crippen molar-refractivity contribution in [1.29, 1.82) is 0 Å². The highest BCUT2D eigenvalue weighted by atomic mass is 16.3. The van der Waals surface area contributed by atoms with E-state index in [1.54, 1.807) is 6.26 Å². The summed E-state index contributed by atoms with van der Waals surface area (Å²) in [4.78, 5) is 0. The molecule has 1 rings (SSSR count). The summed E-state index contributed by atoms with van der Waals surface area (Å²) in [6.45, 7) is 6.67. The molecule has 0 saturated carbocycles. The van der Waals surface area contributed by atoms with E-state index in [1.807, 2.05) is 6.07 Å². The molecule has 0 aliphatic rings. The van der Waals surface area contributed by atoms with Crippen molar-refractivity contribution in [3.63, 3.8) is 0 Å². The molecule has 1 aromatic rings. The molecule has 1 aromatic heterocycles. The minimum atomic E-state index is 0.588. The zero-order chi connectivity index (χ0) is 8.27. The van der Waals surface area contributed by atoms with Gasteiger partial charge in [0.25, 0.3) is 0 Å². The van der Waals surface area contributed by atoms with Crippen molar-refractivity contribution in [3.8, 4) is 0 Å². The van der Waals surface area contributed by atoms with Gasteiger partial charge in [0.05, 0.1) is 6.26 Å². The van der Waals surface area contributed by atoms with Crippen LogP contribution in [0.3, 0.4) is 0 Å². The van der Waals surface area contributed by atoms with Crippen LogP contribution in [0.2, 0.25) is 0 Å². The van der Waals surface area contributed by atoms with Crippen molar-refractivity contribution in [2.45, 2.75) is 33.1 Å². The van der Waals surface area contributed by atoms with Gasteiger partial charge in [-0.3, -0.25) is 0 Å². The smallest absolute Gasteiger partial charge is 0.107 e. The maximum Gasteiger partial charge on any atom is 0.107 e. The monoisotopic (exact) mass is 152 g/mol. The van der Waals surface area contributed by atoms with Crippen molar-refractivity contribution in [1.82, 2.24) is 0 Å². The van der Waals surface area contributed by atoms with Crippen LogP contribution < -0.4 is 0 Å². The molecule has 0 radical (unpaired) electrons. The summed E-state index contributed by atoms with van der Waals surface area (Å²) in [5.41, 5.74) is 0. The Hall–Kier alpha value is -0.720. The summed E-state index contributed by atoms with van der Waals surface area (Å²) >= 11 is 0. The van der Waals surface area contributed by atoms with Gasteiger partial charge < -0.3 is 4.42 Å². The van der Waals surface area contributed by atoms with Crippen LogP contribution in [-0.4, -0.2) is 0 Å². The molecule has 0 aliphatic carbocycles. The molecule has 0 spiro atoms. The van der Waals surface area contributed by atoms with Gasteiger partial charge in [-0.15, -0.1) is 0 Å². The summed E-state index contributed by atoms with van der Waals surface area (Å²) < 4.78 is 5.35. The van der Waals surface area contributed by atoms with Gasteiger partial charge in [0, 0.05) is 5.92 Å². The van der Waals surface area contributed by atoms with Crippen LogP contribution >= 0.6 is 0 Å². The predicted molar refractivity (Wildman–Crippen MR) is 46.6 cm³/mol. The van der Waals surface area contributed by atoms with Crippen LogP contribution in [0.1, 0.15) is 38.9 Å². The summed E-state index contributed by atoms with van der Waals surface area (Å²) in [6.07, 6.45) is 2.91. The standard InChI is InChI=1S/C10H16O/c1-4-9(8(2)3)10-6-5-7-11-10/h5-9H,4H2,1-3H3. The van der Waals surface area contributed by atoms with Gasteiger partial charge in [0.15, 0.2) is 0 Å². The molecule has 0 fully saturated rings. The summed E-state index contributed by atoms with van der Waals surface area (Å²) in [5.74, 6) is 2.39. The fourth-order valence-electron chi connectivity index (χ4n) is 1.50. The number of furan rings is 1. The van der Waals surface area contributed by atoms with E-state index in [1.165, 1.54) is 0 Å². The SMILES string of the molecule is CCC(c1ccco1)C(C)C. The van der Waals surface area contributed by atoms with Crippen LogP contribution in [0, 0.1) is 5.92 Å².